The monoisotopic (exact) mass is 332 g/mol. The van der Waals surface area contributed by atoms with Gasteiger partial charge in [0.1, 0.15) is 10.5 Å². The standard InChI is InChI=1S/C13H13ClO4S2/c1-17-11(15)9-10(12(16)18-2)20-13(19-9)7-3-5-8(14)6-4-7/h3-6,9-10,13H,1-2H3. The van der Waals surface area contributed by atoms with Crippen LogP contribution in [0.25, 0.3) is 0 Å². The fourth-order valence-corrected chi connectivity index (χ4v) is 5.38. The zero-order valence-corrected chi connectivity index (χ0v) is 13.3. The predicted molar refractivity (Wildman–Crippen MR) is 81.0 cm³/mol. The fraction of sp³-hybridized carbons (Fsp3) is 0.385. The average Bonchev–Trinajstić information content (AvgIpc) is 2.91. The molecule has 0 amide bonds. The van der Waals surface area contributed by atoms with Gasteiger partial charge in [-0.05, 0) is 17.7 Å². The van der Waals surface area contributed by atoms with E-state index in [1.807, 2.05) is 12.1 Å². The van der Waals surface area contributed by atoms with E-state index < -0.39 is 22.4 Å². The molecule has 2 atom stereocenters. The lowest BCUT2D eigenvalue weighted by Crippen LogP contribution is -2.33. The lowest BCUT2D eigenvalue weighted by molar-refractivity contribution is -0.145. The molecule has 4 nitrogen and oxygen atoms in total. The molecule has 1 aliphatic heterocycles. The molecule has 0 bridgehead atoms. The van der Waals surface area contributed by atoms with Gasteiger partial charge >= 0.3 is 11.9 Å². The van der Waals surface area contributed by atoms with Gasteiger partial charge in [-0.25, -0.2) is 0 Å². The Morgan fingerprint density at radius 2 is 1.45 bits per heavy atom. The van der Waals surface area contributed by atoms with Crippen LogP contribution in [0.3, 0.4) is 0 Å². The number of thioether (sulfide) groups is 2. The zero-order valence-electron chi connectivity index (χ0n) is 10.9. The molecule has 1 fully saturated rings. The summed E-state index contributed by atoms with van der Waals surface area (Å²) in [6, 6.07) is 7.36. The maximum atomic E-state index is 11.8. The van der Waals surface area contributed by atoms with Crippen LogP contribution in [0.4, 0.5) is 0 Å². The van der Waals surface area contributed by atoms with Crippen molar-refractivity contribution in [3.8, 4) is 0 Å². The van der Waals surface area contributed by atoms with Crippen molar-refractivity contribution in [1.82, 2.24) is 0 Å². The molecule has 0 aliphatic carbocycles. The third-order valence-corrected chi connectivity index (χ3v) is 6.47. The number of halogens is 1. The van der Waals surface area contributed by atoms with Gasteiger partial charge in [-0.15, -0.1) is 23.5 Å². The van der Waals surface area contributed by atoms with Crippen LogP contribution >= 0.6 is 35.1 Å². The van der Waals surface area contributed by atoms with Crippen LogP contribution in [0, 0.1) is 0 Å². The number of rotatable bonds is 3. The minimum atomic E-state index is -0.557. The summed E-state index contributed by atoms with van der Waals surface area (Å²) in [5.74, 6) is -0.816. The van der Waals surface area contributed by atoms with Crippen LogP contribution in [-0.4, -0.2) is 36.7 Å². The first-order valence-corrected chi connectivity index (χ1v) is 8.05. The van der Waals surface area contributed by atoms with Gasteiger partial charge in [0.2, 0.25) is 0 Å². The zero-order chi connectivity index (χ0) is 14.7. The number of hydrogen-bond acceptors (Lipinski definition) is 6. The van der Waals surface area contributed by atoms with Gasteiger partial charge < -0.3 is 9.47 Å². The Morgan fingerprint density at radius 1 is 1.00 bits per heavy atom. The van der Waals surface area contributed by atoms with Gasteiger partial charge in [0, 0.05) is 5.02 Å². The van der Waals surface area contributed by atoms with E-state index in [4.69, 9.17) is 21.1 Å². The van der Waals surface area contributed by atoms with Gasteiger partial charge in [0.25, 0.3) is 0 Å². The Kier molecular flexibility index (Phi) is 5.23. The van der Waals surface area contributed by atoms with E-state index in [1.165, 1.54) is 37.7 Å². The van der Waals surface area contributed by atoms with Crippen LogP contribution in [0.2, 0.25) is 5.02 Å². The van der Waals surface area contributed by atoms with Crippen LogP contribution in [0.15, 0.2) is 24.3 Å². The van der Waals surface area contributed by atoms with Crippen LogP contribution in [0.1, 0.15) is 10.1 Å². The molecule has 1 saturated heterocycles. The van der Waals surface area contributed by atoms with E-state index in [1.54, 1.807) is 12.1 Å². The molecule has 1 heterocycles. The van der Waals surface area contributed by atoms with Crippen LogP contribution in [0.5, 0.6) is 0 Å². The molecule has 2 unspecified atom stereocenters. The number of esters is 2. The van der Waals surface area contributed by atoms with Crippen molar-refractivity contribution < 1.29 is 19.1 Å². The number of carbonyl (C=O) groups excluding carboxylic acids is 2. The normalized spacial score (nSPS) is 25.2. The number of benzene rings is 1. The lowest BCUT2D eigenvalue weighted by atomic mass is 10.2. The van der Waals surface area contributed by atoms with E-state index in [9.17, 15) is 9.59 Å². The molecular weight excluding hydrogens is 320 g/mol. The molecule has 0 spiro atoms. The Labute approximate surface area is 130 Å². The Morgan fingerprint density at radius 3 is 1.85 bits per heavy atom. The van der Waals surface area contributed by atoms with Crippen molar-refractivity contribution in [3.05, 3.63) is 34.9 Å². The maximum absolute atomic E-state index is 11.8. The smallest absolute Gasteiger partial charge is 0.320 e. The highest BCUT2D eigenvalue weighted by atomic mass is 35.5. The maximum Gasteiger partial charge on any atom is 0.320 e. The molecule has 2 rings (SSSR count). The molecular formula is C13H13ClO4S2. The fourth-order valence-electron chi connectivity index (χ4n) is 1.81. The summed E-state index contributed by atoms with van der Waals surface area (Å²) in [4.78, 5) is 23.6. The molecule has 0 saturated carbocycles. The first kappa shape index (κ1) is 15.5. The van der Waals surface area contributed by atoms with E-state index in [0.717, 1.165) is 5.56 Å². The summed E-state index contributed by atoms with van der Waals surface area (Å²) in [6.07, 6.45) is 0. The van der Waals surface area contributed by atoms with Crippen molar-refractivity contribution in [1.29, 1.82) is 0 Å². The van der Waals surface area contributed by atoms with E-state index in [0.29, 0.717) is 5.02 Å². The first-order chi connectivity index (χ1) is 9.56. The number of hydrogen-bond donors (Lipinski definition) is 0. The molecule has 7 heteroatoms. The molecule has 20 heavy (non-hydrogen) atoms. The number of methoxy groups -OCH3 is 2. The Bertz CT molecular complexity index is 482. The molecule has 0 N–H and O–H groups in total. The largest absolute Gasteiger partial charge is 0.468 e. The SMILES string of the molecule is COC(=O)C1SC(c2ccc(Cl)cc2)SC1C(=O)OC. The minimum Gasteiger partial charge on any atom is -0.468 e. The molecule has 1 aromatic rings. The first-order valence-electron chi connectivity index (χ1n) is 5.79. The molecule has 108 valence electrons. The Balaban J connectivity index is 2.20. The van der Waals surface area contributed by atoms with E-state index in [-0.39, 0.29) is 4.58 Å². The van der Waals surface area contributed by atoms with Crippen molar-refractivity contribution in [2.24, 2.45) is 0 Å². The molecule has 0 aromatic heterocycles. The third-order valence-electron chi connectivity index (χ3n) is 2.82. The van der Waals surface area contributed by atoms with E-state index in [2.05, 4.69) is 0 Å². The predicted octanol–water partition coefficient (Wildman–Crippen LogP) is 2.90. The summed E-state index contributed by atoms with van der Waals surface area (Å²) in [6.45, 7) is 0. The summed E-state index contributed by atoms with van der Waals surface area (Å²) in [7, 11) is 2.63. The van der Waals surface area contributed by atoms with Gasteiger partial charge in [-0.3, -0.25) is 9.59 Å². The third kappa shape index (κ3) is 3.24. The molecule has 0 radical (unpaired) electrons. The van der Waals surface area contributed by atoms with Crippen LogP contribution in [-0.2, 0) is 19.1 Å². The quantitative estimate of drug-likeness (QED) is 0.793. The minimum absolute atomic E-state index is 0.0273. The van der Waals surface area contributed by atoms with Crippen molar-refractivity contribution in [2.75, 3.05) is 14.2 Å². The second-order valence-electron chi connectivity index (χ2n) is 4.04. The topological polar surface area (TPSA) is 52.6 Å². The van der Waals surface area contributed by atoms with Gasteiger partial charge in [0.05, 0.1) is 18.8 Å². The second kappa shape index (κ2) is 6.74. The summed E-state index contributed by atoms with van der Waals surface area (Å²) < 4.78 is 9.49. The highest BCUT2D eigenvalue weighted by molar-refractivity contribution is 8.21. The Hall–Kier alpha value is -0.850. The lowest BCUT2D eigenvalue weighted by Gasteiger charge is -2.12. The summed E-state index contributed by atoms with van der Waals surface area (Å²) >= 11 is 8.66. The summed E-state index contributed by atoms with van der Waals surface area (Å²) in [5, 5.41) is -0.466. The van der Waals surface area contributed by atoms with Gasteiger partial charge in [-0.1, -0.05) is 23.7 Å². The van der Waals surface area contributed by atoms with Gasteiger partial charge in [0.15, 0.2) is 0 Å². The molecule has 1 aliphatic rings. The highest BCUT2D eigenvalue weighted by Gasteiger charge is 2.46. The van der Waals surface area contributed by atoms with E-state index >= 15 is 0 Å². The summed E-state index contributed by atoms with van der Waals surface area (Å²) in [5.41, 5.74) is 1.00. The molecule has 1 aromatic carbocycles. The number of carbonyl (C=O) groups is 2. The van der Waals surface area contributed by atoms with Gasteiger partial charge in [-0.2, -0.15) is 0 Å². The van der Waals surface area contributed by atoms with Crippen LogP contribution < -0.4 is 0 Å². The number of ether oxygens (including phenoxy) is 2. The van der Waals surface area contributed by atoms with Crippen molar-refractivity contribution >= 4 is 47.1 Å². The highest BCUT2D eigenvalue weighted by Crippen LogP contribution is 2.54. The average molecular weight is 333 g/mol. The van der Waals surface area contributed by atoms with Crippen molar-refractivity contribution in [3.63, 3.8) is 0 Å². The second-order valence-corrected chi connectivity index (χ2v) is 7.28. The van der Waals surface area contributed by atoms with Crippen molar-refractivity contribution in [2.45, 2.75) is 15.1 Å².